The molecule has 3 nitrogen and oxygen atoms in total. The summed E-state index contributed by atoms with van der Waals surface area (Å²) in [6.45, 7) is 7.38. The van der Waals surface area contributed by atoms with E-state index in [1.165, 1.54) is 10.4 Å². The quantitative estimate of drug-likeness (QED) is 0.840. The van der Waals surface area contributed by atoms with E-state index in [9.17, 15) is 4.79 Å². The minimum atomic E-state index is -2.49. The fourth-order valence-electron chi connectivity index (χ4n) is 3.79. The van der Waals surface area contributed by atoms with E-state index >= 15 is 0 Å². The second-order valence-electron chi connectivity index (χ2n) is 7.78. The van der Waals surface area contributed by atoms with Gasteiger partial charge in [-0.1, -0.05) is 81.4 Å². The number of amides is 1. The molecule has 0 radical (unpaired) electrons. The van der Waals surface area contributed by atoms with E-state index in [1.807, 2.05) is 12.1 Å². The summed E-state index contributed by atoms with van der Waals surface area (Å²) in [5.74, 6) is 0.135. The third-order valence-electron chi connectivity index (χ3n) is 5.00. The van der Waals surface area contributed by atoms with Crippen molar-refractivity contribution in [1.82, 2.24) is 5.32 Å². The molecule has 1 saturated heterocycles. The molecule has 0 aliphatic carbocycles. The Morgan fingerprint density at radius 3 is 1.92 bits per heavy atom. The molecule has 1 atom stereocenters. The maximum atomic E-state index is 11.6. The Morgan fingerprint density at radius 2 is 1.52 bits per heavy atom. The van der Waals surface area contributed by atoms with E-state index in [-0.39, 0.29) is 17.0 Å². The standard InChI is InChI=1S/C21H27NO2Si/c1-21(2,3)25(18-10-6-4-7-11-18,19-12-8-5-9-13-19)24-16-17-14-15-20(23)22-17/h4-13,17H,14-16H2,1-3H3,(H,22,23)/t17-/m1/s1. The topological polar surface area (TPSA) is 38.3 Å². The molecule has 1 fully saturated rings. The van der Waals surface area contributed by atoms with Crippen molar-refractivity contribution in [3.63, 3.8) is 0 Å². The van der Waals surface area contributed by atoms with Crippen molar-refractivity contribution >= 4 is 24.6 Å². The van der Waals surface area contributed by atoms with E-state index in [2.05, 4.69) is 74.6 Å². The smallest absolute Gasteiger partial charge is 0.261 e. The third-order valence-corrected chi connectivity index (χ3v) is 10.0. The van der Waals surface area contributed by atoms with Gasteiger partial charge in [-0.05, 0) is 21.8 Å². The summed E-state index contributed by atoms with van der Waals surface area (Å²) in [4.78, 5) is 11.6. The molecule has 3 rings (SSSR count). The fourth-order valence-corrected chi connectivity index (χ4v) is 8.40. The summed E-state index contributed by atoms with van der Waals surface area (Å²) in [7, 11) is -2.49. The molecule has 0 spiro atoms. The van der Waals surface area contributed by atoms with Crippen LogP contribution < -0.4 is 15.7 Å². The second-order valence-corrected chi connectivity index (χ2v) is 12.1. The Balaban J connectivity index is 2.04. The van der Waals surface area contributed by atoms with Gasteiger partial charge in [-0.15, -0.1) is 0 Å². The summed E-state index contributed by atoms with van der Waals surface area (Å²) >= 11 is 0. The molecule has 0 unspecified atom stereocenters. The lowest BCUT2D eigenvalue weighted by molar-refractivity contribution is -0.119. The van der Waals surface area contributed by atoms with Crippen molar-refractivity contribution in [2.24, 2.45) is 0 Å². The number of hydrogen-bond donors (Lipinski definition) is 1. The van der Waals surface area contributed by atoms with Crippen LogP contribution in [0.5, 0.6) is 0 Å². The summed E-state index contributed by atoms with van der Waals surface area (Å²) in [5.41, 5.74) is 0. The molecule has 25 heavy (non-hydrogen) atoms. The van der Waals surface area contributed by atoms with Gasteiger partial charge in [0, 0.05) is 6.42 Å². The fraction of sp³-hybridized carbons (Fsp3) is 0.381. The van der Waals surface area contributed by atoms with Crippen molar-refractivity contribution in [3.8, 4) is 0 Å². The van der Waals surface area contributed by atoms with Crippen LogP contribution in [0.25, 0.3) is 0 Å². The highest BCUT2D eigenvalue weighted by Crippen LogP contribution is 2.36. The lowest BCUT2D eigenvalue weighted by atomic mass is 10.2. The summed E-state index contributed by atoms with van der Waals surface area (Å²) in [6, 6.07) is 21.3. The van der Waals surface area contributed by atoms with Crippen LogP contribution in [0.3, 0.4) is 0 Å². The van der Waals surface area contributed by atoms with Crippen molar-refractivity contribution in [1.29, 1.82) is 0 Å². The molecule has 0 bridgehead atoms. The third kappa shape index (κ3) is 3.55. The first-order chi connectivity index (χ1) is 11.9. The molecule has 0 saturated carbocycles. The Hall–Kier alpha value is -1.91. The molecule has 1 aliphatic rings. The monoisotopic (exact) mass is 353 g/mol. The molecule has 4 heteroatoms. The van der Waals surface area contributed by atoms with Crippen molar-refractivity contribution in [3.05, 3.63) is 60.7 Å². The Kier molecular flexibility index (Phi) is 5.11. The first-order valence-electron chi connectivity index (χ1n) is 8.98. The van der Waals surface area contributed by atoms with Crippen LogP contribution >= 0.6 is 0 Å². The predicted octanol–water partition coefficient (Wildman–Crippen LogP) is 2.84. The van der Waals surface area contributed by atoms with Gasteiger partial charge in [0.05, 0.1) is 12.6 Å². The van der Waals surface area contributed by atoms with Crippen LogP contribution in [0.1, 0.15) is 33.6 Å². The number of hydrogen-bond acceptors (Lipinski definition) is 2. The maximum Gasteiger partial charge on any atom is 0.261 e. The molecule has 1 N–H and O–H groups in total. The number of carbonyl (C=O) groups excluding carboxylic acids is 1. The highest BCUT2D eigenvalue weighted by molar-refractivity contribution is 6.99. The molecular formula is C21H27NO2Si. The summed E-state index contributed by atoms with van der Waals surface area (Å²) < 4.78 is 6.82. The van der Waals surface area contributed by atoms with Gasteiger partial charge in [-0.3, -0.25) is 4.79 Å². The first-order valence-corrected chi connectivity index (χ1v) is 10.9. The SMILES string of the molecule is CC(C)(C)[Si](OC[C@H]1CCC(=O)N1)(c1ccccc1)c1ccccc1. The van der Waals surface area contributed by atoms with Crippen molar-refractivity contribution < 1.29 is 9.22 Å². The van der Waals surface area contributed by atoms with Gasteiger partial charge in [-0.25, -0.2) is 0 Å². The van der Waals surface area contributed by atoms with Gasteiger partial charge in [0.25, 0.3) is 8.32 Å². The average Bonchev–Trinajstić information content (AvgIpc) is 3.02. The Bertz CT molecular complexity index is 670. The van der Waals surface area contributed by atoms with Crippen LogP contribution in [-0.2, 0) is 9.22 Å². The van der Waals surface area contributed by atoms with Gasteiger partial charge in [0.1, 0.15) is 0 Å². The molecule has 2 aromatic rings. The van der Waals surface area contributed by atoms with Crippen molar-refractivity contribution in [2.45, 2.75) is 44.7 Å². The normalized spacial score (nSPS) is 18.2. The van der Waals surface area contributed by atoms with Crippen LogP contribution in [-0.4, -0.2) is 26.9 Å². The summed E-state index contributed by atoms with van der Waals surface area (Å²) in [5, 5.41) is 5.56. The Labute approximate surface area is 151 Å². The van der Waals surface area contributed by atoms with E-state index in [0.29, 0.717) is 13.0 Å². The zero-order valence-electron chi connectivity index (χ0n) is 15.3. The van der Waals surface area contributed by atoms with Crippen molar-refractivity contribution in [2.75, 3.05) is 6.61 Å². The molecule has 0 aromatic heterocycles. The molecular weight excluding hydrogens is 326 g/mol. The van der Waals surface area contributed by atoms with Crippen LogP contribution in [0.4, 0.5) is 0 Å². The van der Waals surface area contributed by atoms with E-state index in [4.69, 9.17) is 4.43 Å². The number of rotatable bonds is 5. The number of benzene rings is 2. The summed E-state index contributed by atoms with van der Waals surface area (Å²) in [6.07, 6.45) is 1.46. The molecule has 1 aliphatic heterocycles. The van der Waals surface area contributed by atoms with Crippen LogP contribution in [0.15, 0.2) is 60.7 Å². The van der Waals surface area contributed by atoms with Gasteiger partial charge in [-0.2, -0.15) is 0 Å². The largest absolute Gasteiger partial charge is 0.405 e. The minimum Gasteiger partial charge on any atom is -0.405 e. The maximum absolute atomic E-state index is 11.6. The van der Waals surface area contributed by atoms with Gasteiger partial charge >= 0.3 is 0 Å². The molecule has 132 valence electrons. The highest BCUT2D eigenvalue weighted by Gasteiger charge is 2.50. The van der Waals surface area contributed by atoms with Crippen LogP contribution in [0, 0.1) is 0 Å². The van der Waals surface area contributed by atoms with E-state index < -0.39 is 8.32 Å². The molecule has 1 heterocycles. The Morgan fingerprint density at radius 1 is 1.00 bits per heavy atom. The number of carbonyl (C=O) groups is 1. The minimum absolute atomic E-state index is 0.0294. The first kappa shape index (κ1) is 17.9. The lowest BCUT2D eigenvalue weighted by Gasteiger charge is -2.43. The zero-order chi connectivity index (χ0) is 17.9. The van der Waals surface area contributed by atoms with Gasteiger partial charge in [0.15, 0.2) is 0 Å². The highest BCUT2D eigenvalue weighted by atomic mass is 28.4. The average molecular weight is 354 g/mol. The second kappa shape index (κ2) is 7.14. The van der Waals surface area contributed by atoms with E-state index in [0.717, 1.165) is 6.42 Å². The van der Waals surface area contributed by atoms with Gasteiger partial charge < -0.3 is 9.74 Å². The molecule has 2 aromatic carbocycles. The molecule has 1 amide bonds. The zero-order valence-corrected chi connectivity index (χ0v) is 16.3. The predicted molar refractivity (Wildman–Crippen MR) is 105 cm³/mol. The lowest BCUT2D eigenvalue weighted by Crippen LogP contribution is -2.67. The van der Waals surface area contributed by atoms with Gasteiger partial charge in [0.2, 0.25) is 5.91 Å². The van der Waals surface area contributed by atoms with Crippen LogP contribution in [0.2, 0.25) is 5.04 Å². The number of nitrogens with one attached hydrogen (secondary N) is 1. The van der Waals surface area contributed by atoms with E-state index in [1.54, 1.807) is 0 Å².